The molecule has 32 heavy (non-hydrogen) atoms. The molecule has 2 heterocycles. The Hall–Kier alpha value is -0.900. The Bertz CT molecular complexity index is 653. The van der Waals surface area contributed by atoms with Crippen molar-refractivity contribution in [2.24, 2.45) is 16.8 Å². The summed E-state index contributed by atoms with van der Waals surface area (Å²) in [5.41, 5.74) is 1.38. The van der Waals surface area contributed by atoms with Crippen molar-refractivity contribution in [3.8, 4) is 0 Å². The van der Waals surface area contributed by atoms with Gasteiger partial charge in [0.2, 0.25) is 0 Å². The normalized spacial score (nSPS) is 21.4. The van der Waals surface area contributed by atoms with Gasteiger partial charge in [-0.25, -0.2) is 0 Å². The molecule has 1 aromatic rings. The lowest BCUT2D eigenvalue weighted by molar-refractivity contribution is 0.0536. The maximum Gasteiger partial charge on any atom is 0.193 e. The van der Waals surface area contributed by atoms with E-state index in [-0.39, 0.29) is 24.0 Å². The fourth-order valence-corrected chi connectivity index (χ4v) is 4.60. The highest BCUT2D eigenvalue weighted by molar-refractivity contribution is 14.0. The Labute approximate surface area is 212 Å². The number of hydrogen-bond acceptors (Lipinski definition) is 4. The summed E-state index contributed by atoms with van der Waals surface area (Å²) in [4.78, 5) is 10.2. The second-order valence-electron chi connectivity index (χ2n) is 9.01. The Kier molecular flexibility index (Phi) is 12.9. The maximum absolute atomic E-state index is 5.77. The molecule has 0 saturated carbocycles. The zero-order valence-corrected chi connectivity index (χ0v) is 22.5. The summed E-state index contributed by atoms with van der Waals surface area (Å²) in [6, 6.07) is 11.3. The topological polar surface area (TPSA) is 49.3 Å². The van der Waals surface area contributed by atoms with Crippen molar-refractivity contribution in [1.82, 2.24) is 15.1 Å². The number of hydrogen-bond donors (Lipinski definition) is 1. The fraction of sp³-hybridized carbons (Fsp3) is 0.720. The first-order valence-corrected chi connectivity index (χ1v) is 12.1. The number of nitrogens with zero attached hydrogens (tertiary/aromatic N) is 3. The molecule has 182 valence electrons. The van der Waals surface area contributed by atoms with E-state index in [0.717, 1.165) is 64.2 Å². The van der Waals surface area contributed by atoms with E-state index in [9.17, 15) is 0 Å². The monoisotopic (exact) mass is 558 g/mol. The van der Waals surface area contributed by atoms with Crippen LogP contribution in [0.3, 0.4) is 0 Å². The number of ether oxygens (including phenoxy) is 2. The molecule has 3 rings (SSSR count). The lowest BCUT2D eigenvalue weighted by atomic mass is 9.96. The van der Waals surface area contributed by atoms with Gasteiger partial charge in [-0.1, -0.05) is 37.3 Å². The number of likely N-dealkylation sites (tertiary alicyclic amines) is 2. The molecule has 1 aromatic carbocycles. The highest BCUT2D eigenvalue weighted by Crippen LogP contribution is 2.27. The van der Waals surface area contributed by atoms with E-state index in [2.05, 4.69) is 59.3 Å². The number of piperidine rings is 1. The van der Waals surface area contributed by atoms with Crippen LogP contribution in [0.5, 0.6) is 0 Å². The molecule has 2 aliphatic rings. The maximum atomic E-state index is 5.77. The Morgan fingerprint density at radius 2 is 1.88 bits per heavy atom. The molecule has 2 aliphatic heterocycles. The van der Waals surface area contributed by atoms with Crippen LogP contribution in [0.2, 0.25) is 0 Å². The van der Waals surface area contributed by atoms with Crippen LogP contribution in [0, 0.1) is 11.8 Å². The summed E-state index contributed by atoms with van der Waals surface area (Å²) in [6.45, 7) is 12.7. The molecule has 2 unspecified atom stereocenters. The van der Waals surface area contributed by atoms with Crippen molar-refractivity contribution in [2.45, 2.75) is 39.2 Å². The van der Waals surface area contributed by atoms with Crippen molar-refractivity contribution in [3.63, 3.8) is 0 Å². The largest absolute Gasteiger partial charge is 0.382 e. The van der Waals surface area contributed by atoms with Gasteiger partial charge in [-0.2, -0.15) is 0 Å². The van der Waals surface area contributed by atoms with Gasteiger partial charge >= 0.3 is 0 Å². The van der Waals surface area contributed by atoms with Gasteiger partial charge in [0.15, 0.2) is 5.96 Å². The number of benzene rings is 1. The van der Waals surface area contributed by atoms with E-state index < -0.39 is 0 Å². The minimum absolute atomic E-state index is 0. The molecule has 2 fully saturated rings. The van der Waals surface area contributed by atoms with Crippen molar-refractivity contribution in [1.29, 1.82) is 0 Å². The fourth-order valence-electron chi connectivity index (χ4n) is 4.60. The second kappa shape index (κ2) is 15.1. The summed E-state index contributed by atoms with van der Waals surface area (Å²) >= 11 is 0. The number of aliphatic imine (C=N–C) groups is 1. The molecule has 0 aromatic heterocycles. The van der Waals surface area contributed by atoms with E-state index >= 15 is 0 Å². The zero-order valence-electron chi connectivity index (χ0n) is 20.2. The highest BCUT2D eigenvalue weighted by atomic mass is 127. The van der Waals surface area contributed by atoms with Crippen LogP contribution in [-0.2, 0) is 9.47 Å². The molecular formula is C25H43IN4O2. The number of halogens is 1. The molecule has 0 bridgehead atoms. The first-order chi connectivity index (χ1) is 15.2. The SMILES string of the molecule is CCNC(=NCC(c1ccccc1)N1CCC(C)CC1)N1CCC(COCCOC)C1.I. The standard InChI is InChI=1S/C25H42N4O2.HI/c1-4-26-25(29-15-12-22(19-29)20-31-17-16-30-3)27-18-24(23-8-6-5-7-9-23)28-13-10-21(2)11-14-28;/h5-9,21-22,24H,4,10-20H2,1-3H3,(H,26,27);1H. The first-order valence-electron chi connectivity index (χ1n) is 12.1. The average molecular weight is 559 g/mol. The average Bonchev–Trinajstić information content (AvgIpc) is 3.27. The van der Waals surface area contributed by atoms with E-state index in [1.54, 1.807) is 7.11 Å². The lowest BCUT2D eigenvalue weighted by Gasteiger charge is -2.36. The summed E-state index contributed by atoms with van der Waals surface area (Å²) in [7, 11) is 1.72. The van der Waals surface area contributed by atoms with Gasteiger partial charge in [-0.15, -0.1) is 24.0 Å². The number of rotatable bonds is 10. The molecule has 0 aliphatic carbocycles. The van der Waals surface area contributed by atoms with Crippen LogP contribution in [0.4, 0.5) is 0 Å². The smallest absolute Gasteiger partial charge is 0.193 e. The lowest BCUT2D eigenvalue weighted by Crippen LogP contribution is -2.42. The first kappa shape index (κ1) is 27.3. The molecular weight excluding hydrogens is 515 g/mol. The van der Waals surface area contributed by atoms with Gasteiger partial charge in [0.1, 0.15) is 0 Å². The van der Waals surface area contributed by atoms with Crippen LogP contribution < -0.4 is 5.32 Å². The van der Waals surface area contributed by atoms with Gasteiger partial charge in [-0.05, 0) is 50.8 Å². The second-order valence-corrected chi connectivity index (χ2v) is 9.01. The van der Waals surface area contributed by atoms with Crippen molar-refractivity contribution in [2.75, 3.05) is 66.2 Å². The highest BCUT2D eigenvalue weighted by Gasteiger charge is 2.27. The summed E-state index contributed by atoms with van der Waals surface area (Å²) < 4.78 is 10.8. The minimum atomic E-state index is 0. The number of methoxy groups -OCH3 is 1. The predicted octanol–water partition coefficient (Wildman–Crippen LogP) is 4.03. The van der Waals surface area contributed by atoms with Crippen molar-refractivity contribution in [3.05, 3.63) is 35.9 Å². The van der Waals surface area contributed by atoms with Gasteiger partial charge in [0, 0.05) is 32.7 Å². The summed E-state index contributed by atoms with van der Waals surface area (Å²) in [6.07, 6.45) is 3.72. The Morgan fingerprint density at radius 1 is 1.12 bits per heavy atom. The number of nitrogens with one attached hydrogen (secondary N) is 1. The van der Waals surface area contributed by atoms with E-state index in [1.165, 1.54) is 18.4 Å². The van der Waals surface area contributed by atoms with E-state index in [4.69, 9.17) is 14.5 Å². The van der Waals surface area contributed by atoms with Crippen molar-refractivity contribution < 1.29 is 9.47 Å². The zero-order chi connectivity index (χ0) is 21.9. The molecule has 0 radical (unpaired) electrons. The van der Waals surface area contributed by atoms with Gasteiger partial charge in [0.05, 0.1) is 32.4 Å². The van der Waals surface area contributed by atoms with E-state index in [0.29, 0.717) is 25.2 Å². The minimum Gasteiger partial charge on any atom is -0.382 e. The van der Waals surface area contributed by atoms with Gasteiger partial charge in [0.25, 0.3) is 0 Å². The van der Waals surface area contributed by atoms with Gasteiger partial charge in [-0.3, -0.25) is 9.89 Å². The summed E-state index contributed by atoms with van der Waals surface area (Å²) in [5, 5.41) is 3.53. The molecule has 2 saturated heterocycles. The van der Waals surface area contributed by atoms with Crippen LogP contribution in [0.25, 0.3) is 0 Å². The third kappa shape index (κ3) is 8.47. The molecule has 7 heteroatoms. The van der Waals surface area contributed by atoms with Crippen molar-refractivity contribution >= 4 is 29.9 Å². The third-order valence-corrected chi connectivity index (χ3v) is 6.56. The van der Waals surface area contributed by atoms with Gasteiger partial charge < -0.3 is 19.7 Å². The van der Waals surface area contributed by atoms with Crippen LogP contribution >= 0.6 is 24.0 Å². The quantitative estimate of drug-likeness (QED) is 0.204. The molecule has 1 N–H and O–H groups in total. The Morgan fingerprint density at radius 3 is 2.56 bits per heavy atom. The van der Waals surface area contributed by atoms with Crippen LogP contribution in [-0.4, -0.2) is 82.0 Å². The number of guanidine groups is 1. The third-order valence-electron chi connectivity index (χ3n) is 6.56. The predicted molar refractivity (Wildman–Crippen MR) is 143 cm³/mol. The molecule has 2 atom stereocenters. The van der Waals surface area contributed by atoms with Crippen LogP contribution in [0.1, 0.15) is 44.7 Å². The Balaban J connectivity index is 0.00000363. The molecule has 6 nitrogen and oxygen atoms in total. The van der Waals surface area contributed by atoms with E-state index in [1.807, 2.05) is 0 Å². The summed E-state index contributed by atoms with van der Waals surface area (Å²) in [5.74, 6) is 2.45. The molecule has 0 amide bonds. The molecule has 0 spiro atoms. The van der Waals surface area contributed by atoms with Crippen LogP contribution in [0.15, 0.2) is 35.3 Å².